The van der Waals surface area contributed by atoms with Crippen molar-refractivity contribution in [3.05, 3.63) is 29.8 Å². The van der Waals surface area contributed by atoms with Crippen molar-refractivity contribution >= 4 is 10.0 Å². The lowest BCUT2D eigenvalue weighted by molar-refractivity contribution is 0.400. The highest BCUT2D eigenvalue weighted by atomic mass is 32.2. The second kappa shape index (κ2) is 8.02. The number of nitrogens with two attached hydrogens (primary N) is 1. The van der Waals surface area contributed by atoms with Crippen LogP contribution in [0.25, 0.3) is 0 Å². The minimum atomic E-state index is -3.47. The third-order valence-electron chi connectivity index (χ3n) is 2.55. The van der Waals surface area contributed by atoms with Gasteiger partial charge >= 0.3 is 0 Å². The first-order chi connectivity index (χ1) is 9.45. The number of hydrogen-bond donors (Lipinski definition) is 2. The summed E-state index contributed by atoms with van der Waals surface area (Å²) in [6.45, 7) is 1.50. The largest absolute Gasteiger partial charge is 0.320 e. The zero-order chi connectivity index (χ0) is 15.0. The smallest absolute Gasteiger partial charge is 0.240 e. The normalized spacial score (nSPS) is 11.2. The Bertz CT molecular complexity index is 586. The molecule has 0 aromatic heterocycles. The highest BCUT2D eigenvalue weighted by Gasteiger charge is 2.13. The van der Waals surface area contributed by atoms with E-state index in [-0.39, 0.29) is 11.4 Å². The van der Waals surface area contributed by atoms with Gasteiger partial charge in [-0.05, 0) is 45.3 Å². The van der Waals surface area contributed by atoms with E-state index in [1.807, 2.05) is 19.0 Å². The molecule has 3 N–H and O–H groups in total. The Morgan fingerprint density at radius 1 is 1.35 bits per heavy atom. The van der Waals surface area contributed by atoms with Gasteiger partial charge in [-0.2, -0.15) is 0 Å². The quantitative estimate of drug-likeness (QED) is 0.582. The van der Waals surface area contributed by atoms with E-state index in [4.69, 9.17) is 5.73 Å². The monoisotopic (exact) mass is 295 g/mol. The molecule has 0 spiro atoms. The maximum absolute atomic E-state index is 12.1. The van der Waals surface area contributed by atoms with Gasteiger partial charge in [-0.1, -0.05) is 17.9 Å². The van der Waals surface area contributed by atoms with Crippen molar-refractivity contribution in [3.63, 3.8) is 0 Å². The predicted molar refractivity (Wildman–Crippen MR) is 80.7 cm³/mol. The zero-order valence-electron chi connectivity index (χ0n) is 11.9. The second-order valence-electron chi connectivity index (χ2n) is 4.59. The van der Waals surface area contributed by atoms with Gasteiger partial charge in [-0.15, -0.1) is 0 Å². The number of sulfonamides is 1. The summed E-state index contributed by atoms with van der Waals surface area (Å²) in [6.07, 6.45) is 0.763. The topological polar surface area (TPSA) is 75.4 Å². The van der Waals surface area contributed by atoms with Crippen molar-refractivity contribution in [2.24, 2.45) is 5.73 Å². The molecule has 0 aliphatic rings. The van der Waals surface area contributed by atoms with Gasteiger partial charge in [0.1, 0.15) is 0 Å². The molecule has 0 atom stereocenters. The first-order valence-electron chi connectivity index (χ1n) is 6.39. The van der Waals surface area contributed by atoms with Crippen LogP contribution in [0.4, 0.5) is 0 Å². The van der Waals surface area contributed by atoms with Crippen molar-refractivity contribution < 1.29 is 8.42 Å². The molecule has 110 valence electrons. The van der Waals surface area contributed by atoms with Gasteiger partial charge in [0.05, 0.1) is 11.4 Å². The molecule has 0 fully saturated rings. The highest BCUT2D eigenvalue weighted by Crippen LogP contribution is 2.10. The molecular formula is C14H21N3O2S. The molecule has 1 rings (SSSR count). The van der Waals surface area contributed by atoms with Gasteiger partial charge in [-0.3, -0.25) is 0 Å². The molecule has 0 saturated heterocycles. The summed E-state index contributed by atoms with van der Waals surface area (Å²) >= 11 is 0. The number of nitrogens with zero attached hydrogens (tertiary/aromatic N) is 1. The van der Waals surface area contributed by atoms with Crippen LogP contribution in [0.3, 0.4) is 0 Å². The van der Waals surface area contributed by atoms with Crippen molar-refractivity contribution in [2.75, 3.05) is 33.7 Å². The molecule has 0 aliphatic heterocycles. The minimum Gasteiger partial charge on any atom is -0.320 e. The molecule has 0 unspecified atom stereocenters. The molecule has 6 heteroatoms. The van der Waals surface area contributed by atoms with Crippen LogP contribution >= 0.6 is 0 Å². The van der Waals surface area contributed by atoms with E-state index in [0.717, 1.165) is 13.0 Å². The maximum Gasteiger partial charge on any atom is 0.240 e. The van der Waals surface area contributed by atoms with Crippen molar-refractivity contribution in [1.82, 2.24) is 9.62 Å². The molecular weight excluding hydrogens is 274 g/mol. The maximum atomic E-state index is 12.1. The molecule has 1 aromatic rings. The first kappa shape index (κ1) is 16.7. The number of hydrogen-bond acceptors (Lipinski definition) is 4. The minimum absolute atomic E-state index is 0.228. The molecule has 0 aliphatic carbocycles. The summed E-state index contributed by atoms with van der Waals surface area (Å²) in [5.41, 5.74) is 5.94. The Labute approximate surface area is 121 Å². The number of nitrogens with one attached hydrogen (secondary N) is 1. The van der Waals surface area contributed by atoms with Crippen LogP contribution in [0.5, 0.6) is 0 Å². The van der Waals surface area contributed by atoms with Gasteiger partial charge in [0.25, 0.3) is 0 Å². The third kappa shape index (κ3) is 5.72. The summed E-state index contributed by atoms with van der Waals surface area (Å²) in [6, 6.07) is 6.54. The van der Waals surface area contributed by atoms with Gasteiger partial charge < -0.3 is 10.6 Å². The lowest BCUT2D eigenvalue weighted by atomic mass is 10.2. The molecule has 1 aromatic carbocycles. The van der Waals surface area contributed by atoms with E-state index < -0.39 is 10.0 Å². The Morgan fingerprint density at radius 2 is 2.10 bits per heavy atom. The van der Waals surface area contributed by atoms with Gasteiger partial charge in [-0.25, -0.2) is 13.1 Å². The van der Waals surface area contributed by atoms with Crippen molar-refractivity contribution in [2.45, 2.75) is 11.3 Å². The van der Waals surface area contributed by atoms with Gasteiger partial charge in [0, 0.05) is 12.1 Å². The molecule has 0 heterocycles. The predicted octanol–water partition coefficient (Wildman–Crippen LogP) is 0.227. The first-order valence-corrected chi connectivity index (χ1v) is 7.87. The SMILES string of the molecule is CN(C)CCCNS(=O)(=O)c1cccc(C#CCN)c1. The second-order valence-corrected chi connectivity index (χ2v) is 6.36. The van der Waals surface area contributed by atoms with Crippen LogP contribution in [0.2, 0.25) is 0 Å². The fraction of sp³-hybridized carbons (Fsp3) is 0.429. The van der Waals surface area contributed by atoms with E-state index >= 15 is 0 Å². The number of rotatable bonds is 6. The summed E-state index contributed by atoms with van der Waals surface area (Å²) in [5.74, 6) is 5.53. The fourth-order valence-electron chi connectivity index (χ4n) is 1.58. The summed E-state index contributed by atoms with van der Waals surface area (Å²) < 4.78 is 26.8. The van der Waals surface area contributed by atoms with E-state index in [1.54, 1.807) is 24.3 Å². The average Bonchev–Trinajstić information content (AvgIpc) is 2.41. The zero-order valence-corrected chi connectivity index (χ0v) is 12.7. The lowest BCUT2D eigenvalue weighted by Crippen LogP contribution is -2.27. The van der Waals surface area contributed by atoms with Crippen molar-refractivity contribution in [3.8, 4) is 11.8 Å². The van der Waals surface area contributed by atoms with Crippen LogP contribution in [-0.2, 0) is 10.0 Å². The fourth-order valence-corrected chi connectivity index (χ4v) is 2.70. The van der Waals surface area contributed by atoms with Crippen LogP contribution in [0.15, 0.2) is 29.2 Å². The molecule has 5 nitrogen and oxygen atoms in total. The standard InChI is InChI=1S/C14H21N3O2S/c1-17(2)11-5-10-16-20(18,19)14-8-3-6-13(12-14)7-4-9-15/h3,6,8,12,16H,5,9-11,15H2,1-2H3. The highest BCUT2D eigenvalue weighted by molar-refractivity contribution is 7.89. The molecule has 0 bridgehead atoms. The third-order valence-corrected chi connectivity index (χ3v) is 4.01. The van der Waals surface area contributed by atoms with Crippen LogP contribution in [0.1, 0.15) is 12.0 Å². The van der Waals surface area contributed by atoms with E-state index in [2.05, 4.69) is 16.6 Å². The number of benzene rings is 1. The van der Waals surface area contributed by atoms with Crippen LogP contribution in [-0.4, -0.2) is 47.0 Å². The Balaban J connectivity index is 2.72. The molecule has 0 saturated carbocycles. The van der Waals surface area contributed by atoms with E-state index in [9.17, 15) is 8.42 Å². The van der Waals surface area contributed by atoms with Crippen LogP contribution < -0.4 is 10.5 Å². The van der Waals surface area contributed by atoms with Gasteiger partial charge in [0.15, 0.2) is 0 Å². The Kier molecular flexibility index (Phi) is 6.68. The van der Waals surface area contributed by atoms with Gasteiger partial charge in [0.2, 0.25) is 10.0 Å². The summed E-state index contributed by atoms with van der Waals surface area (Å²) in [4.78, 5) is 2.24. The average molecular weight is 295 g/mol. The summed E-state index contributed by atoms with van der Waals surface area (Å²) in [5, 5.41) is 0. The molecule has 0 amide bonds. The van der Waals surface area contributed by atoms with E-state index in [1.165, 1.54) is 0 Å². The van der Waals surface area contributed by atoms with Crippen LogP contribution in [0, 0.1) is 11.8 Å². The lowest BCUT2D eigenvalue weighted by Gasteiger charge is -2.10. The van der Waals surface area contributed by atoms with E-state index in [0.29, 0.717) is 12.1 Å². The Morgan fingerprint density at radius 3 is 2.75 bits per heavy atom. The summed E-state index contributed by atoms with van der Waals surface area (Å²) in [7, 11) is 0.432. The molecule has 20 heavy (non-hydrogen) atoms. The van der Waals surface area contributed by atoms with Crippen molar-refractivity contribution in [1.29, 1.82) is 0 Å². The Hall–Kier alpha value is -1.39. The molecule has 0 radical (unpaired) electrons.